The zero-order chi connectivity index (χ0) is 23.2. The number of hydrazine groups is 1. The molecule has 0 saturated carbocycles. The van der Waals surface area contributed by atoms with Gasteiger partial charge in [-0.3, -0.25) is 20.4 Å². The minimum Gasteiger partial charge on any atom is -0.493 e. The third-order valence-corrected chi connectivity index (χ3v) is 4.95. The van der Waals surface area contributed by atoms with Crippen molar-refractivity contribution in [3.05, 3.63) is 77.9 Å². The van der Waals surface area contributed by atoms with Gasteiger partial charge in [-0.25, -0.2) is 0 Å². The lowest BCUT2D eigenvalue weighted by atomic mass is 10.1. The molecule has 0 aliphatic carbocycles. The number of carbonyl (C=O) groups is 2. The first-order valence-electron chi connectivity index (χ1n) is 10.5. The molecule has 4 rings (SSSR count). The van der Waals surface area contributed by atoms with Gasteiger partial charge in [-0.2, -0.15) is 0 Å². The molecule has 3 aromatic carbocycles. The second kappa shape index (κ2) is 9.86. The van der Waals surface area contributed by atoms with Crippen LogP contribution in [-0.2, 0) is 0 Å². The van der Waals surface area contributed by atoms with Gasteiger partial charge in [-0.15, -0.1) is 0 Å². The Hall–Kier alpha value is -4.33. The number of hydrogen-bond acceptors (Lipinski definition) is 6. The summed E-state index contributed by atoms with van der Waals surface area (Å²) in [6.07, 6.45) is 0.852. The molecule has 0 atom stereocenters. The molecule has 8 heteroatoms. The molecule has 0 aliphatic rings. The monoisotopic (exact) mass is 445 g/mol. The molecule has 4 aromatic rings. The molecule has 1 heterocycles. The number of carbonyl (C=O) groups excluding carboxylic acids is 2. The van der Waals surface area contributed by atoms with Gasteiger partial charge in [0.25, 0.3) is 11.8 Å². The Morgan fingerprint density at radius 3 is 2.30 bits per heavy atom. The molecule has 2 N–H and O–H groups in total. The van der Waals surface area contributed by atoms with Crippen molar-refractivity contribution in [3.63, 3.8) is 0 Å². The van der Waals surface area contributed by atoms with E-state index in [9.17, 15) is 9.59 Å². The molecule has 8 nitrogen and oxygen atoms in total. The van der Waals surface area contributed by atoms with Crippen molar-refractivity contribution in [1.82, 2.24) is 16.0 Å². The van der Waals surface area contributed by atoms with Crippen LogP contribution < -0.4 is 20.3 Å². The molecule has 168 valence electrons. The summed E-state index contributed by atoms with van der Waals surface area (Å²) in [4.78, 5) is 25.2. The molecule has 0 spiro atoms. The lowest BCUT2D eigenvalue weighted by Crippen LogP contribution is -2.41. The lowest BCUT2D eigenvalue weighted by Gasteiger charge is -2.12. The van der Waals surface area contributed by atoms with Gasteiger partial charge in [0.2, 0.25) is 0 Å². The zero-order valence-electron chi connectivity index (χ0n) is 18.3. The molecule has 0 aliphatic heterocycles. The average molecular weight is 445 g/mol. The lowest BCUT2D eigenvalue weighted by molar-refractivity contribution is 0.0846. The van der Waals surface area contributed by atoms with Crippen molar-refractivity contribution in [3.8, 4) is 22.8 Å². The summed E-state index contributed by atoms with van der Waals surface area (Å²) in [6, 6.07) is 19.3. The Labute approximate surface area is 190 Å². The number of nitrogens with one attached hydrogen (secondary N) is 2. The summed E-state index contributed by atoms with van der Waals surface area (Å²) < 4.78 is 16.4. The van der Waals surface area contributed by atoms with Gasteiger partial charge in [-0.05, 0) is 42.8 Å². The highest BCUT2D eigenvalue weighted by atomic mass is 16.5. The normalized spacial score (nSPS) is 10.6. The molecule has 1 aromatic heterocycles. The van der Waals surface area contributed by atoms with Crippen molar-refractivity contribution >= 4 is 22.7 Å². The Morgan fingerprint density at radius 1 is 0.909 bits per heavy atom. The summed E-state index contributed by atoms with van der Waals surface area (Å²) in [5, 5.41) is 4.75. The topological polar surface area (TPSA) is 103 Å². The van der Waals surface area contributed by atoms with E-state index in [1.54, 1.807) is 36.4 Å². The maximum Gasteiger partial charge on any atom is 0.269 e. The van der Waals surface area contributed by atoms with Crippen LogP contribution in [0.3, 0.4) is 0 Å². The van der Waals surface area contributed by atoms with Crippen LogP contribution in [0.1, 0.15) is 34.1 Å². The largest absolute Gasteiger partial charge is 0.493 e. The van der Waals surface area contributed by atoms with Crippen LogP contribution >= 0.6 is 0 Å². The van der Waals surface area contributed by atoms with Crippen LogP contribution in [0.15, 0.2) is 71.3 Å². The Balaban J connectivity index is 1.47. The van der Waals surface area contributed by atoms with Crippen LogP contribution in [0.2, 0.25) is 0 Å². The second-order valence-electron chi connectivity index (χ2n) is 7.23. The first-order chi connectivity index (χ1) is 16.1. The predicted octanol–water partition coefficient (Wildman–Crippen LogP) is 4.37. The Morgan fingerprint density at radius 2 is 1.61 bits per heavy atom. The van der Waals surface area contributed by atoms with Crippen LogP contribution in [0.25, 0.3) is 22.2 Å². The summed E-state index contributed by atoms with van der Waals surface area (Å²) in [6.45, 7) is 2.54. The molecule has 0 saturated heterocycles. The van der Waals surface area contributed by atoms with Crippen molar-refractivity contribution in [2.45, 2.75) is 13.3 Å². The fourth-order valence-electron chi connectivity index (χ4n) is 3.28. The summed E-state index contributed by atoms with van der Waals surface area (Å²) in [7, 11) is 1.50. The summed E-state index contributed by atoms with van der Waals surface area (Å²) in [5.74, 6) is 0.603. The fourth-order valence-corrected chi connectivity index (χ4v) is 3.28. The highest BCUT2D eigenvalue weighted by Crippen LogP contribution is 2.29. The van der Waals surface area contributed by atoms with Gasteiger partial charge in [-0.1, -0.05) is 42.4 Å². The minimum absolute atomic E-state index is 0.317. The van der Waals surface area contributed by atoms with E-state index in [0.717, 1.165) is 12.0 Å². The molecule has 0 bridgehead atoms. The molecular formula is C25H23N3O5. The van der Waals surface area contributed by atoms with Crippen molar-refractivity contribution in [1.29, 1.82) is 0 Å². The smallest absolute Gasteiger partial charge is 0.269 e. The second-order valence-corrected chi connectivity index (χ2v) is 7.23. The highest BCUT2D eigenvalue weighted by molar-refractivity contribution is 6.02. The van der Waals surface area contributed by atoms with Crippen molar-refractivity contribution < 1.29 is 23.6 Å². The quantitative estimate of drug-likeness (QED) is 0.410. The number of hydrogen-bond donors (Lipinski definition) is 2. The van der Waals surface area contributed by atoms with E-state index in [4.69, 9.17) is 14.0 Å². The summed E-state index contributed by atoms with van der Waals surface area (Å²) in [5.41, 5.74) is 7.02. The third-order valence-electron chi connectivity index (χ3n) is 4.95. The van der Waals surface area contributed by atoms with E-state index in [2.05, 4.69) is 16.0 Å². The van der Waals surface area contributed by atoms with E-state index in [1.807, 2.05) is 37.3 Å². The van der Waals surface area contributed by atoms with E-state index in [1.165, 1.54) is 7.11 Å². The van der Waals surface area contributed by atoms with Crippen LogP contribution in [-0.4, -0.2) is 30.7 Å². The van der Waals surface area contributed by atoms with E-state index in [0.29, 0.717) is 45.9 Å². The van der Waals surface area contributed by atoms with Gasteiger partial charge in [0.15, 0.2) is 17.3 Å². The maximum absolute atomic E-state index is 12.7. The molecule has 2 amide bonds. The van der Waals surface area contributed by atoms with Crippen molar-refractivity contribution in [2.24, 2.45) is 0 Å². The van der Waals surface area contributed by atoms with Gasteiger partial charge in [0.1, 0.15) is 5.52 Å². The van der Waals surface area contributed by atoms with Gasteiger partial charge in [0.05, 0.1) is 19.1 Å². The van der Waals surface area contributed by atoms with Crippen LogP contribution in [0, 0.1) is 0 Å². The zero-order valence-corrected chi connectivity index (χ0v) is 18.3. The number of nitrogens with zero attached hydrogens (tertiary/aromatic N) is 1. The van der Waals surface area contributed by atoms with Crippen molar-refractivity contribution in [2.75, 3.05) is 13.7 Å². The third kappa shape index (κ3) is 4.79. The number of methoxy groups -OCH3 is 1. The molecular weight excluding hydrogens is 422 g/mol. The van der Waals surface area contributed by atoms with Crippen LogP contribution in [0.5, 0.6) is 11.5 Å². The number of rotatable bonds is 7. The standard InChI is InChI=1S/C25H23N3O5/c1-3-13-32-21-12-10-18(15-22(21)31-2)25(30)27-26-24(29)17-9-11-20-19(14-17)23(33-28-20)16-7-5-4-6-8-16/h4-12,14-15H,3,13H2,1-2H3,(H,26,29)(H,27,30). The predicted molar refractivity (Wildman–Crippen MR) is 123 cm³/mol. The van der Waals surface area contributed by atoms with Crippen LogP contribution in [0.4, 0.5) is 0 Å². The highest BCUT2D eigenvalue weighted by Gasteiger charge is 2.16. The first kappa shape index (κ1) is 21.9. The summed E-state index contributed by atoms with van der Waals surface area (Å²) >= 11 is 0. The number of ether oxygens (including phenoxy) is 2. The number of benzene rings is 3. The molecule has 0 unspecified atom stereocenters. The Kier molecular flexibility index (Phi) is 6.54. The Bertz CT molecular complexity index is 1280. The molecule has 33 heavy (non-hydrogen) atoms. The molecule has 0 fully saturated rings. The van der Waals surface area contributed by atoms with E-state index < -0.39 is 11.8 Å². The number of fused-ring (bicyclic) bond motifs is 1. The number of amides is 2. The maximum atomic E-state index is 12.7. The number of aromatic nitrogens is 1. The van der Waals surface area contributed by atoms with Gasteiger partial charge in [0, 0.05) is 16.7 Å². The van der Waals surface area contributed by atoms with E-state index >= 15 is 0 Å². The SMILES string of the molecule is CCCOc1ccc(C(=O)NNC(=O)c2ccc3noc(-c4ccccc4)c3c2)cc1OC. The average Bonchev–Trinajstić information content (AvgIpc) is 3.29. The first-order valence-corrected chi connectivity index (χ1v) is 10.5. The van der Waals surface area contributed by atoms with Gasteiger partial charge < -0.3 is 14.0 Å². The molecule has 0 radical (unpaired) electrons. The van der Waals surface area contributed by atoms with Gasteiger partial charge >= 0.3 is 0 Å². The fraction of sp³-hybridized carbons (Fsp3) is 0.160. The van der Waals surface area contributed by atoms with E-state index in [-0.39, 0.29) is 0 Å². The minimum atomic E-state index is -0.486.